The first-order valence-corrected chi connectivity index (χ1v) is 11.0. The van der Waals surface area contributed by atoms with E-state index in [1.165, 1.54) is 11.1 Å². The average molecular weight is 405 g/mol. The molecule has 1 aliphatic rings. The van der Waals surface area contributed by atoms with Crippen LogP contribution in [0, 0.1) is 12.8 Å². The van der Waals surface area contributed by atoms with Crippen LogP contribution in [-0.4, -0.2) is 24.7 Å². The lowest BCUT2D eigenvalue weighted by Crippen LogP contribution is -2.22. The van der Waals surface area contributed by atoms with Crippen molar-refractivity contribution in [1.29, 1.82) is 0 Å². The third kappa shape index (κ3) is 3.19. The van der Waals surface area contributed by atoms with Crippen LogP contribution in [0.15, 0.2) is 35.7 Å². The number of nitrogens with one attached hydrogen (secondary N) is 1. The number of benzene rings is 1. The summed E-state index contributed by atoms with van der Waals surface area (Å²) in [7, 11) is 0. The van der Waals surface area contributed by atoms with Crippen molar-refractivity contribution < 1.29 is 0 Å². The third-order valence-electron chi connectivity index (χ3n) is 5.51. The second-order valence-corrected chi connectivity index (χ2v) is 8.77. The van der Waals surface area contributed by atoms with Crippen LogP contribution in [0.1, 0.15) is 43.8 Å². The predicted octanol–water partition coefficient (Wildman–Crippen LogP) is 5.01. The molecule has 0 aliphatic carbocycles. The summed E-state index contributed by atoms with van der Waals surface area (Å²) in [6.07, 6.45) is 2.15. The first kappa shape index (κ1) is 18.2. The van der Waals surface area contributed by atoms with Gasteiger partial charge in [0.25, 0.3) is 0 Å². The molecule has 6 nitrogen and oxygen atoms in total. The molecule has 1 aromatic carbocycles. The van der Waals surface area contributed by atoms with Gasteiger partial charge in [0, 0.05) is 23.9 Å². The maximum atomic E-state index is 4.81. The second-order valence-electron chi connectivity index (χ2n) is 7.91. The van der Waals surface area contributed by atoms with Crippen LogP contribution in [0.5, 0.6) is 0 Å². The molecule has 5 rings (SSSR count). The molecule has 4 heterocycles. The van der Waals surface area contributed by atoms with E-state index < -0.39 is 0 Å². The Morgan fingerprint density at radius 2 is 1.93 bits per heavy atom. The number of thiophene rings is 1. The summed E-state index contributed by atoms with van der Waals surface area (Å²) < 4.78 is 2.27. The van der Waals surface area contributed by atoms with E-state index in [9.17, 15) is 0 Å². The van der Waals surface area contributed by atoms with Gasteiger partial charge in [-0.1, -0.05) is 44.2 Å². The lowest BCUT2D eigenvalue weighted by molar-refractivity contribution is 0.495. The normalized spacial score (nSPS) is 14.5. The molecule has 0 bridgehead atoms. The summed E-state index contributed by atoms with van der Waals surface area (Å²) in [5, 5.41) is 15.9. The van der Waals surface area contributed by atoms with Gasteiger partial charge in [-0.05, 0) is 24.8 Å². The molecule has 0 spiro atoms. The Morgan fingerprint density at radius 3 is 2.72 bits per heavy atom. The van der Waals surface area contributed by atoms with Crippen LogP contribution in [-0.2, 0) is 13.0 Å². The molecule has 0 saturated heterocycles. The van der Waals surface area contributed by atoms with E-state index in [4.69, 9.17) is 4.98 Å². The zero-order chi connectivity index (χ0) is 20.0. The Labute approximate surface area is 174 Å². The molecule has 0 radical (unpaired) electrons. The van der Waals surface area contributed by atoms with E-state index in [1.807, 2.05) is 13.0 Å². The van der Waals surface area contributed by atoms with Crippen molar-refractivity contribution in [2.45, 2.75) is 46.2 Å². The predicted molar refractivity (Wildman–Crippen MR) is 117 cm³/mol. The highest BCUT2D eigenvalue weighted by Gasteiger charge is 2.28. The maximum absolute atomic E-state index is 4.81. The summed E-state index contributed by atoms with van der Waals surface area (Å²) >= 11 is 1.67. The van der Waals surface area contributed by atoms with Gasteiger partial charge in [0.15, 0.2) is 5.82 Å². The molecular weight excluding hydrogens is 380 g/mol. The van der Waals surface area contributed by atoms with Crippen molar-refractivity contribution in [3.8, 4) is 11.1 Å². The molecule has 3 aromatic heterocycles. The van der Waals surface area contributed by atoms with Gasteiger partial charge in [0.05, 0.1) is 11.4 Å². The monoisotopic (exact) mass is 404 g/mol. The summed E-state index contributed by atoms with van der Waals surface area (Å²) in [6.45, 7) is 7.37. The van der Waals surface area contributed by atoms with Crippen LogP contribution in [0.25, 0.3) is 21.3 Å². The van der Waals surface area contributed by atoms with E-state index in [0.717, 1.165) is 52.9 Å². The Hall–Kier alpha value is -2.80. The molecule has 1 atom stereocenters. The van der Waals surface area contributed by atoms with E-state index in [2.05, 4.69) is 68.6 Å². The van der Waals surface area contributed by atoms with E-state index in [1.54, 1.807) is 11.3 Å². The number of anilines is 1. The zero-order valence-corrected chi connectivity index (χ0v) is 17.7. The van der Waals surface area contributed by atoms with Crippen molar-refractivity contribution in [1.82, 2.24) is 24.7 Å². The molecule has 29 heavy (non-hydrogen) atoms. The Kier molecular flexibility index (Phi) is 4.54. The van der Waals surface area contributed by atoms with Crippen molar-refractivity contribution in [2.24, 2.45) is 5.92 Å². The number of nitrogens with zero attached hydrogens (tertiary/aromatic N) is 5. The minimum atomic E-state index is 0.0374. The number of hydrogen-bond donors (Lipinski definition) is 1. The van der Waals surface area contributed by atoms with Crippen LogP contribution in [0.4, 0.5) is 5.82 Å². The van der Waals surface area contributed by atoms with Gasteiger partial charge in [-0.15, -0.1) is 21.5 Å². The van der Waals surface area contributed by atoms with Gasteiger partial charge in [-0.3, -0.25) is 0 Å². The van der Waals surface area contributed by atoms with E-state index >= 15 is 0 Å². The molecule has 4 aromatic rings. The number of hydrogen-bond acceptors (Lipinski definition) is 6. The first-order chi connectivity index (χ1) is 14.1. The van der Waals surface area contributed by atoms with Crippen LogP contribution < -0.4 is 5.32 Å². The Balaban J connectivity index is 1.62. The second kappa shape index (κ2) is 7.22. The molecule has 148 valence electrons. The van der Waals surface area contributed by atoms with Gasteiger partial charge in [0.1, 0.15) is 22.3 Å². The molecule has 0 fully saturated rings. The minimum Gasteiger partial charge on any atom is -0.359 e. The number of rotatable bonds is 5. The fourth-order valence-electron chi connectivity index (χ4n) is 4.06. The summed E-state index contributed by atoms with van der Waals surface area (Å²) in [6, 6.07) is 10.5. The largest absolute Gasteiger partial charge is 0.359 e. The standard InChI is InChI=1S/C22H24N6S/c1-13(2)19(21-27-26-17-10-7-11-28(17)21)25-20-18-16(15-8-5-4-6-9-15)12-29-22(18)24-14(3)23-20/h4-6,8-9,12-13,19H,7,10-11H2,1-3H3,(H,23,24,25)/t19-/m1/s1. The molecule has 0 saturated carbocycles. The SMILES string of the molecule is Cc1nc(N[C@@H](c2nnc3n2CCC3)C(C)C)c2c(-c3ccccc3)csc2n1. The fourth-order valence-corrected chi connectivity index (χ4v) is 5.06. The topological polar surface area (TPSA) is 68.5 Å². The number of fused-ring (bicyclic) bond motifs is 2. The molecule has 0 amide bonds. The minimum absolute atomic E-state index is 0.0374. The maximum Gasteiger partial charge on any atom is 0.155 e. The zero-order valence-electron chi connectivity index (χ0n) is 16.9. The van der Waals surface area contributed by atoms with Crippen molar-refractivity contribution in [2.75, 3.05) is 5.32 Å². The lowest BCUT2D eigenvalue weighted by atomic mass is 10.0. The Morgan fingerprint density at radius 1 is 1.10 bits per heavy atom. The summed E-state index contributed by atoms with van der Waals surface area (Å²) in [4.78, 5) is 10.5. The highest BCUT2D eigenvalue weighted by atomic mass is 32.1. The Bertz CT molecular complexity index is 1160. The van der Waals surface area contributed by atoms with Crippen molar-refractivity contribution in [3.05, 3.63) is 53.2 Å². The van der Waals surface area contributed by atoms with Gasteiger partial charge < -0.3 is 9.88 Å². The number of aromatic nitrogens is 5. The lowest BCUT2D eigenvalue weighted by Gasteiger charge is -2.23. The summed E-state index contributed by atoms with van der Waals surface area (Å²) in [5.74, 6) is 4.09. The molecule has 7 heteroatoms. The third-order valence-corrected chi connectivity index (χ3v) is 6.38. The van der Waals surface area contributed by atoms with Crippen molar-refractivity contribution >= 4 is 27.4 Å². The van der Waals surface area contributed by atoms with Gasteiger partial charge >= 0.3 is 0 Å². The van der Waals surface area contributed by atoms with Gasteiger partial charge in [0.2, 0.25) is 0 Å². The van der Waals surface area contributed by atoms with Crippen molar-refractivity contribution in [3.63, 3.8) is 0 Å². The van der Waals surface area contributed by atoms with Gasteiger partial charge in [-0.2, -0.15) is 0 Å². The molecule has 0 unspecified atom stereocenters. The smallest absolute Gasteiger partial charge is 0.155 e. The molecule has 1 aliphatic heterocycles. The first-order valence-electron chi connectivity index (χ1n) is 10.1. The fraction of sp³-hybridized carbons (Fsp3) is 0.364. The molecular formula is C22H24N6S. The average Bonchev–Trinajstić information content (AvgIpc) is 3.42. The highest BCUT2D eigenvalue weighted by molar-refractivity contribution is 7.17. The van der Waals surface area contributed by atoms with Crippen LogP contribution in [0.2, 0.25) is 0 Å². The molecule has 1 N–H and O–H groups in total. The highest BCUT2D eigenvalue weighted by Crippen LogP contribution is 2.39. The van der Waals surface area contributed by atoms with E-state index in [-0.39, 0.29) is 6.04 Å². The van der Waals surface area contributed by atoms with Crippen LogP contribution >= 0.6 is 11.3 Å². The number of aryl methyl sites for hydroxylation is 2. The van der Waals surface area contributed by atoms with E-state index in [0.29, 0.717) is 5.92 Å². The quantitative estimate of drug-likeness (QED) is 0.506. The van der Waals surface area contributed by atoms with Gasteiger partial charge in [-0.25, -0.2) is 9.97 Å². The van der Waals surface area contributed by atoms with Crippen LogP contribution in [0.3, 0.4) is 0 Å². The summed E-state index contributed by atoms with van der Waals surface area (Å²) in [5.41, 5.74) is 2.35.